The lowest BCUT2D eigenvalue weighted by Crippen LogP contribution is -2.33. The number of hydrogen-bond donors (Lipinski definition) is 1. The van der Waals surface area contributed by atoms with Crippen LogP contribution < -0.4 is 10.2 Å². The van der Waals surface area contributed by atoms with Gasteiger partial charge in [0.05, 0.1) is 16.1 Å². The highest BCUT2D eigenvalue weighted by molar-refractivity contribution is 7.89. The third-order valence-corrected chi connectivity index (χ3v) is 7.02. The molecular formula is C21H28N4O6S. The van der Waals surface area contributed by atoms with Crippen LogP contribution in [0.5, 0.6) is 0 Å². The van der Waals surface area contributed by atoms with Crippen LogP contribution in [0.4, 0.5) is 11.5 Å². The molecule has 11 heteroatoms. The van der Waals surface area contributed by atoms with Gasteiger partial charge >= 0.3 is 5.97 Å². The van der Waals surface area contributed by atoms with Gasteiger partial charge in [-0.25, -0.2) is 17.5 Å². The van der Waals surface area contributed by atoms with Crippen LogP contribution in [0.25, 0.3) is 0 Å². The number of carbonyl (C=O) groups is 2. The Morgan fingerprint density at radius 2 is 1.94 bits per heavy atom. The normalized spacial score (nSPS) is 15.1. The molecule has 1 aromatic heterocycles. The van der Waals surface area contributed by atoms with E-state index in [-0.39, 0.29) is 22.7 Å². The Bertz CT molecular complexity index is 1090. The van der Waals surface area contributed by atoms with E-state index in [1.165, 1.54) is 26.2 Å². The van der Waals surface area contributed by atoms with Crippen LogP contribution in [0, 0.1) is 6.92 Å². The van der Waals surface area contributed by atoms with Crippen molar-refractivity contribution in [3.05, 3.63) is 35.6 Å². The van der Waals surface area contributed by atoms with Gasteiger partial charge in [-0.05, 0) is 44.4 Å². The first-order valence-corrected chi connectivity index (χ1v) is 11.8. The average Bonchev–Trinajstić information content (AvgIpc) is 3.43. The van der Waals surface area contributed by atoms with Crippen LogP contribution in [-0.2, 0) is 19.6 Å². The first kappa shape index (κ1) is 23.7. The van der Waals surface area contributed by atoms with Gasteiger partial charge in [0.2, 0.25) is 10.0 Å². The third-order valence-electron chi connectivity index (χ3n) is 5.21. The van der Waals surface area contributed by atoms with Crippen molar-refractivity contribution in [1.82, 2.24) is 9.46 Å². The van der Waals surface area contributed by atoms with E-state index in [0.717, 1.165) is 30.2 Å². The summed E-state index contributed by atoms with van der Waals surface area (Å²) in [5.74, 6) is -0.562. The van der Waals surface area contributed by atoms with Crippen molar-refractivity contribution < 1.29 is 27.3 Å². The Labute approximate surface area is 187 Å². The third kappa shape index (κ3) is 5.10. The molecule has 1 aliphatic heterocycles. The molecule has 32 heavy (non-hydrogen) atoms. The first-order chi connectivity index (χ1) is 15.1. The fourth-order valence-electron chi connectivity index (χ4n) is 3.43. The number of aromatic nitrogens is 1. The van der Waals surface area contributed by atoms with Gasteiger partial charge < -0.3 is 19.5 Å². The van der Waals surface area contributed by atoms with Crippen LogP contribution in [0.2, 0.25) is 0 Å². The Morgan fingerprint density at radius 1 is 1.25 bits per heavy atom. The lowest BCUT2D eigenvalue weighted by molar-refractivity contribution is -0.124. The molecular weight excluding hydrogens is 436 g/mol. The zero-order chi connectivity index (χ0) is 23.5. The molecule has 10 nitrogen and oxygen atoms in total. The second-order valence-corrected chi connectivity index (χ2v) is 9.93. The van der Waals surface area contributed by atoms with E-state index < -0.39 is 28.0 Å². The summed E-state index contributed by atoms with van der Waals surface area (Å²) in [6, 6.07) is 5.97. The van der Waals surface area contributed by atoms with Crippen molar-refractivity contribution in [3.63, 3.8) is 0 Å². The van der Waals surface area contributed by atoms with E-state index in [2.05, 4.69) is 10.5 Å². The Balaban J connectivity index is 1.89. The first-order valence-electron chi connectivity index (χ1n) is 10.4. The molecule has 1 amide bonds. The molecule has 0 spiro atoms. The summed E-state index contributed by atoms with van der Waals surface area (Å²) in [5.41, 5.74) is 0.700. The summed E-state index contributed by atoms with van der Waals surface area (Å²) in [6.07, 6.45) is 1.09. The average molecular weight is 465 g/mol. The number of nitrogens with zero attached hydrogens (tertiary/aromatic N) is 3. The van der Waals surface area contributed by atoms with Crippen molar-refractivity contribution in [3.8, 4) is 0 Å². The maximum atomic E-state index is 13.1. The molecule has 0 unspecified atom stereocenters. The van der Waals surface area contributed by atoms with Crippen molar-refractivity contribution >= 4 is 33.4 Å². The van der Waals surface area contributed by atoms with Crippen molar-refractivity contribution in [1.29, 1.82) is 0 Å². The second-order valence-electron chi connectivity index (χ2n) is 7.77. The smallest absolute Gasteiger partial charge is 0.341 e. The lowest BCUT2D eigenvalue weighted by Gasteiger charge is -2.23. The highest BCUT2D eigenvalue weighted by Crippen LogP contribution is 2.29. The molecule has 1 N–H and O–H groups in total. The van der Waals surface area contributed by atoms with E-state index in [1.54, 1.807) is 26.0 Å². The monoisotopic (exact) mass is 464 g/mol. The van der Waals surface area contributed by atoms with E-state index in [0.29, 0.717) is 11.4 Å². The van der Waals surface area contributed by atoms with E-state index in [1.807, 2.05) is 4.90 Å². The molecule has 0 aliphatic carbocycles. The van der Waals surface area contributed by atoms with Gasteiger partial charge in [-0.2, -0.15) is 0 Å². The molecule has 1 fully saturated rings. The number of anilines is 2. The Hall–Kier alpha value is -2.92. The highest BCUT2D eigenvalue weighted by Gasteiger charge is 2.28. The Kier molecular flexibility index (Phi) is 7.19. The fraction of sp³-hybridized carbons (Fsp3) is 0.476. The predicted octanol–water partition coefficient (Wildman–Crippen LogP) is 2.41. The zero-order valence-electron chi connectivity index (χ0n) is 18.6. The van der Waals surface area contributed by atoms with E-state index in [9.17, 15) is 18.0 Å². The number of ether oxygens (including phenoxy) is 1. The summed E-state index contributed by atoms with van der Waals surface area (Å²) in [5, 5.41) is 6.26. The number of nitrogens with one attached hydrogen (secondary N) is 1. The molecule has 2 aromatic rings. The van der Waals surface area contributed by atoms with Crippen molar-refractivity contribution in [2.45, 2.75) is 44.1 Å². The molecule has 0 radical (unpaired) electrons. The maximum absolute atomic E-state index is 13.1. The van der Waals surface area contributed by atoms with Crippen LogP contribution in [0.3, 0.4) is 0 Å². The van der Waals surface area contributed by atoms with Gasteiger partial charge in [-0.1, -0.05) is 12.1 Å². The van der Waals surface area contributed by atoms with Gasteiger partial charge in [0, 0.05) is 33.3 Å². The molecule has 1 aromatic carbocycles. The van der Waals surface area contributed by atoms with Crippen LogP contribution >= 0.6 is 0 Å². The summed E-state index contributed by atoms with van der Waals surface area (Å²) in [4.78, 5) is 27.7. The van der Waals surface area contributed by atoms with Crippen LogP contribution in [-0.4, -0.2) is 63.0 Å². The molecule has 1 saturated heterocycles. The lowest BCUT2D eigenvalue weighted by atomic mass is 10.1. The zero-order valence-corrected chi connectivity index (χ0v) is 19.4. The fourth-order valence-corrected chi connectivity index (χ4v) is 4.36. The van der Waals surface area contributed by atoms with Gasteiger partial charge in [-0.3, -0.25) is 4.79 Å². The second kappa shape index (κ2) is 9.70. The molecule has 0 bridgehead atoms. The minimum atomic E-state index is -3.75. The standard InChI is InChI=1S/C21H28N4O6S/c1-5-18(20(26)22-19-12-14(2)31-23-19)30-21(27)16-13-15(32(28,29)24(3)4)8-9-17(16)25-10-6-7-11-25/h8-9,12-13,18H,5-7,10-11H2,1-4H3,(H,22,23,26)/t18-/m1/s1. The molecule has 0 saturated carbocycles. The number of amides is 1. The number of hydrogen-bond acceptors (Lipinski definition) is 8. The van der Waals surface area contributed by atoms with Gasteiger partial charge in [0.25, 0.3) is 5.91 Å². The largest absolute Gasteiger partial charge is 0.449 e. The minimum Gasteiger partial charge on any atom is -0.449 e. The van der Waals surface area contributed by atoms with Gasteiger partial charge in [0.1, 0.15) is 5.76 Å². The Morgan fingerprint density at radius 3 is 2.50 bits per heavy atom. The summed E-state index contributed by atoms with van der Waals surface area (Å²) >= 11 is 0. The molecule has 1 atom stereocenters. The van der Waals surface area contributed by atoms with Crippen LogP contribution in [0.1, 0.15) is 42.3 Å². The summed E-state index contributed by atoms with van der Waals surface area (Å²) < 4.78 is 36.7. The maximum Gasteiger partial charge on any atom is 0.341 e. The van der Waals surface area contributed by atoms with E-state index in [4.69, 9.17) is 9.26 Å². The molecule has 1 aliphatic rings. The van der Waals surface area contributed by atoms with Gasteiger partial charge in [-0.15, -0.1) is 0 Å². The number of benzene rings is 1. The topological polar surface area (TPSA) is 122 Å². The minimum absolute atomic E-state index is 0.0204. The summed E-state index contributed by atoms with van der Waals surface area (Å²) in [7, 11) is -0.910. The number of carbonyl (C=O) groups excluding carboxylic acids is 2. The quantitative estimate of drug-likeness (QED) is 0.591. The van der Waals surface area contributed by atoms with Crippen LogP contribution in [0.15, 0.2) is 33.7 Å². The van der Waals surface area contributed by atoms with Gasteiger partial charge in [0.15, 0.2) is 11.9 Å². The van der Waals surface area contributed by atoms with Crippen molar-refractivity contribution in [2.24, 2.45) is 0 Å². The summed E-state index contributed by atoms with van der Waals surface area (Å²) in [6.45, 7) is 4.90. The number of aryl methyl sites for hydroxylation is 1. The number of rotatable bonds is 8. The predicted molar refractivity (Wildman–Crippen MR) is 118 cm³/mol. The van der Waals surface area contributed by atoms with Crippen molar-refractivity contribution in [2.75, 3.05) is 37.4 Å². The molecule has 174 valence electrons. The highest BCUT2D eigenvalue weighted by atomic mass is 32.2. The SMILES string of the molecule is CC[C@@H](OC(=O)c1cc(S(=O)(=O)N(C)C)ccc1N1CCCC1)C(=O)Nc1cc(C)on1. The molecule has 3 rings (SSSR count). The number of sulfonamides is 1. The molecule has 2 heterocycles. The van der Waals surface area contributed by atoms with E-state index >= 15 is 0 Å². The number of esters is 1.